The Morgan fingerprint density at radius 1 is 1.20 bits per heavy atom. The Morgan fingerprint density at radius 3 is 2.80 bits per heavy atom. The lowest BCUT2D eigenvalue weighted by atomic mass is 10.0. The van der Waals surface area contributed by atoms with Gasteiger partial charge in [-0.2, -0.15) is 0 Å². The highest BCUT2D eigenvalue weighted by Gasteiger charge is 2.17. The lowest BCUT2D eigenvalue weighted by molar-refractivity contribution is 0.182. The van der Waals surface area contributed by atoms with Crippen molar-refractivity contribution in [1.29, 1.82) is 0 Å². The van der Waals surface area contributed by atoms with E-state index in [0.29, 0.717) is 0 Å². The van der Waals surface area contributed by atoms with Gasteiger partial charge in [0.1, 0.15) is 11.9 Å². The zero-order valence-electron chi connectivity index (χ0n) is 11.8. The first-order valence-electron chi connectivity index (χ1n) is 7.29. The molecule has 1 N–H and O–H groups in total. The standard InChI is InChI=1S/C18H20O2/c1-13(19)16-12-11-14-7-5-6-10-17(14)18(16)20-15-8-3-2-4-9-15/h3,5-8,10-13,15,19H,2,4,9H2,1H3/t13-,15?/m0/s1. The molecule has 0 saturated heterocycles. The van der Waals surface area contributed by atoms with Crippen LogP contribution in [0.5, 0.6) is 5.75 Å². The van der Waals surface area contributed by atoms with Crippen molar-refractivity contribution in [2.75, 3.05) is 0 Å². The van der Waals surface area contributed by atoms with Crippen molar-refractivity contribution in [3.05, 3.63) is 54.1 Å². The highest BCUT2D eigenvalue weighted by molar-refractivity contribution is 5.89. The molecule has 1 aliphatic rings. The Balaban J connectivity index is 2.07. The molecule has 0 aliphatic heterocycles. The molecule has 0 fully saturated rings. The molecular weight excluding hydrogens is 248 g/mol. The summed E-state index contributed by atoms with van der Waals surface area (Å²) in [5.41, 5.74) is 0.864. The van der Waals surface area contributed by atoms with Crippen LogP contribution in [-0.2, 0) is 0 Å². The molecule has 104 valence electrons. The largest absolute Gasteiger partial charge is 0.485 e. The molecule has 2 atom stereocenters. The molecule has 2 aromatic carbocycles. The van der Waals surface area contributed by atoms with Gasteiger partial charge in [-0.15, -0.1) is 0 Å². The van der Waals surface area contributed by atoms with E-state index >= 15 is 0 Å². The summed E-state index contributed by atoms with van der Waals surface area (Å²) in [7, 11) is 0. The van der Waals surface area contributed by atoms with Crippen LogP contribution in [0.1, 0.15) is 37.9 Å². The maximum Gasteiger partial charge on any atom is 0.133 e. The fraction of sp³-hybridized carbons (Fsp3) is 0.333. The summed E-state index contributed by atoms with van der Waals surface area (Å²) in [6.45, 7) is 1.79. The molecule has 0 bridgehead atoms. The highest BCUT2D eigenvalue weighted by Crippen LogP contribution is 2.35. The molecule has 0 spiro atoms. The second-order valence-corrected chi connectivity index (χ2v) is 5.40. The van der Waals surface area contributed by atoms with Crippen molar-refractivity contribution in [3.8, 4) is 5.75 Å². The molecule has 0 amide bonds. The highest BCUT2D eigenvalue weighted by atomic mass is 16.5. The predicted octanol–water partition coefficient (Wildman–Crippen LogP) is 4.38. The number of fused-ring (bicyclic) bond motifs is 1. The van der Waals surface area contributed by atoms with Gasteiger partial charge in [0.2, 0.25) is 0 Å². The minimum absolute atomic E-state index is 0.118. The third-order valence-corrected chi connectivity index (χ3v) is 3.84. The Bertz CT molecular complexity index is 628. The van der Waals surface area contributed by atoms with Crippen LogP contribution in [-0.4, -0.2) is 11.2 Å². The Kier molecular flexibility index (Phi) is 3.75. The number of ether oxygens (including phenoxy) is 1. The van der Waals surface area contributed by atoms with E-state index in [-0.39, 0.29) is 6.10 Å². The number of aliphatic hydroxyl groups excluding tert-OH is 1. The summed E-state index contributed by atoms with van der Waals surface area (Å²) in [6.07, 6.45) is 7.25. The van der Waals surface area contributed by atoms with Crippen LogP contribution in [0.25, 0.3) is 10.8 Å². The normalized spacial score (nSPS) is 20.0. The van der Waals surface area contributed by atoms with E-state index in [1.807, 2.05) is 24.3 Å². The Labute approximate surface area is 119 Å². The molecule has 0 saturated carbocycles. The molecule has 0 aromatic heterocycles. The van der Waals surface area contributed by atoms with Gasteiger partial charge in [-0.25, -0.2) is 0 Å². The van der Waals surface area contributed by atoms with E-state index in [2.05, 4.69) is 24.3 Å². The summed E-state index contributed by atoms with van der Waals surface area (Å²) >= 11 is 0. The van der Waals surface area contributed by atoms with Gasteiger partial charge in [-0.1, -0.05) is 42.5 Å². The molecule has 1 aliphatic carbocycles. The maximum absolute atomic E-state index is 10.00. The minimum atomic E-state index is -0.526. The van der Waals surface area contributed by atoms with E-state index in [4.69, 9.17) is 4.74 Å². The lowest BCUT2D eigenvalue weighted by Crippen LogP contribution is -2.17. The first kappa shape index (κ1) is 13.2. The number of benzene rings is 2. The third-order valence-electron chi connectivity index (χ3n) is 3.84. The smallest absolute Gasteiger partial charge is 0.133 e. The maximum atomic E-state index is 10.00. The second kappa shape index (κ2) is 5.68. The Morgan fingerprint density at radius 2 is 2.05 bits per heavy atom. The summed E-state index contributed by atoms with van der Waals surface area (Å²) < 4.78 is 6.21. The van der Waals surface area contributed by atoms with Gasteiger partial charge in [-0.05, 0) is 37.6 Å². The molecule has 0 radical (unpaired) electrons. The average molecular weight is 268 g/mol. The van der Waals surface area contributed by atoms with Crippen molar-refractivity contribution >= 4 is 10.8 Å². The van der Waals surface area contributed by atoms with Gasteiger partial charge in [0, 0.05) is 10.9 Å². The molecule has 0 heterocycles. The summed E-state index contributed by atoms with van der Waals surface area (Å²) in [6, 6.07) is 12.2. The van der Waals surface area contributed by atoms with Gasteiger partial charge >= 0.3 is 0 Å². The van der Waals surface area contributed by atoms with E-state index in [0.717, 1.165) is 41.3 Å². The summed E-state index contributed by atoms with van der Waals surface area (Å²) in [4.78, 5) is 0. The minimum Gasteiger partial charge on any atom is -0.485 e. The first-order valence-corrected chi connectivity index (χ1v) is 7.29. The van der Waals surface area contributed by atoms with Crippen LogP contribution in [0.15, 0.2) is 48.6 Å². The average Bonchev–Trinajstić information content (AvgIpc) is 2.48. The molecule has 20 heavy (non-hydrogen) atoms. The van der Waals surface area contributed by atoms with Gasteiger partial charge in [0.25, 0.3) is 0 Å². The molecular formula is C18H20O2. The first-order chi connectivity index (χ1) is 9.75. The molecule has 1 unspecified atom stereocenters. The Hall–Kier alpha value is -1.80. The fourth-order valence-electron chi connectivity index (χ4n) is 2.75. The van der Waals surface area contributed by atoms with E-state index in [1.165, 1.54) is 0 Å². The topological polar surface area (TPSA) is 29.5 Å². The number of allylic oxidation sites excluding steroid dienone is 1. The molecule has 3 rings (SSSR count). The number of aliphatic hydroxyl groups is 1. The van der Waals surface area contributed by atoms with Gasteiger partial charge < -0.3 is 9.84 Å². The van der Waals surface area contributed by atoms with Crippen LogP contribution >= 0.6 is 0 Å². The van der Waals surface area contributed by atoms with E-state index < -0.39 is 6.10 Å². The second-order valence-electron chi connectivity index (χ2n) is 5.40. The van der Waals surface area contributed by atoms with Gasteiger partial charge in [-0.3, -0.25) is 0 Å². The zero-order chi connectivity index (χ0) is 13.9. The van der Waals surface area contributed by atoms with Crippen molar-refractivity contribution in [2.24, 2.45) is 0 Å². The van der Waals surface area contributed by atoms with Gasteiger partial charge in [0.15, 0.2) is 0 Å². The quantitative estimate of drug-likeness (QED) is 0.837. The lowest BCUT2D eigenvalue weighted by Gasteiger charge is -2.22. The third kappa shape index (κ3) is 2.56. The monoisotopic (exact) mass is 268 g/mol. The van der Waals surface area contributed by atoms with Crippen LogP contribution < -0.4 is 4.74 Å². The molecule has 2 heteroatoms. The van der Waals surface area contributed by atoms with Crippen molar-refractivity contribution in [2.45, 2.75) is 38.4 Å². The zero-order valence-corrected chi connectivity index (χ0v) is 11.8. The van der Waals surface area contributed by atoms with Crippen molar-refractivity contribution in [1.82, 2.24) is 0 Å². The summed E-state index contributed by atoms with van der Waals surface area (Å²) in [5.74, 6) is 0.828. The molecule has 2 nitrogen and oxygen atoms in total. The molecule has 2 aromatic rings. The van der Waals surface area contributed by atoms with Crippen LogP contribution in [0, 0.1) is 0 Å². The van der Waals surface area contributed by atoms with Crippen molar-refractivity contribution < 1.29 is 9.84 Å². The van der Waals surface area contributed by atoms with Gasteiger partial charge in [0.05, 0.1) is 6.10 Å². The fourth-order valence-corrected chi connectivity index (χ4v) is 2.75. The van der Waals surface area contributed by atoms with Crippen LogP contribution in [0.4, 0.5) is 0 Å². The van der Waals surface area contributed by atoms with Crippen LogP contribution in [0.2, 0.25) is 0 Å². The number of hydrogen-bond donors (Lipinski definition) is 1. The predicted molar refractivity (Wildman–Crippen MR) is 82.0 cm³/mol. The van der Waals surface area contributed by atoms with Crippen molar-refractivity contribution in [3.63, 3.8) is 0 Å². The summed E-state index contributed by atoms with van der Waals surface area (Å²) in [5, 5.41) is 12.2. The SMILES string of the molecule is C[C@H](O)c1ccc2ccccc2c1OC1C=CCCC1. The van der Waals surface area contributed by atoms with Crippen LogP contribution in [0.3, 0.4) is 0 Å². The van der Waals surface area contributed by atoms with E-state index in [9.17, 15) is 5.11 Å². The van der Waals surface area contributed by atoms with E-state index in [1.54, 1.807) is 6.92 Å². The number of hydrogen-bond acceptors (Lipinski definition) is 2. The number of rotatable bonds is 3.